The van der Waals surface area contributed by atoms with E-state index in [0.717, 1.165) is 0 Å². The molecule has 5 nitrogen and oxygen atoms in total. The molecule has 0 spiro atoms. The quantitative estimate of drug-likeness (QED) is 0.801. The van der Waals surface area contributed by atoms with Crippen LogP contribution in [0.3, 0.4) is 0 Å². The van der Waals surface area contributed by atoms with E-state index in [1.165, 1.54) is 4.31 Å². The molecule has 0 radical (unpaired) electrons. The number of aliphatic hydroxyl groups is 1. The molecule has 102 valence electrons. The zero-order chi connectivity index (χ0) is 13.1. The molecule has 0 saturated carbocycles. The number of sulfonamides is 1. The van der Waals surface area contributed by atoms with Crippen LogP contribution >= 0.6 is 0 Å². The minimum atomic E-state index is -3.28. The van der Waals surface area contributed by atoms with Gasteiger partial charge in [0.1, 0.15) is 0 Å². The van der Waals surface area contributed by atoms with Crippen LogP contribution in [0.15, 0.2) is 0 Å². The molecule has 0 aromatic rings. The van der Waals surface area contributed by atoms with E-state index in [2.05, 4.69) is 0 Å². The molecule has 17 heavy (non-hydrogen) atoms. The largest absolute Gasteiger partial charge is 0.395 e. The van der Waals surface area contributed by atoms with Gasteiger partial charge >= 0.3 is 0 Å². The van der Waals surface area contributed by atoms with Crippen LogP contribution in [-0.2, 0) is 14.8 Å². The van der Waals surface area contributed by atoms with Crippen molar-refractivity contribution in [3.63, 3.8) is 0 Å². The summed E-state index contributed by atoms with van der Waals surface area (Å²) in [5.41, 5.74) is -0.00588. The highest BCUT2D eigenvalue weighted by Gasteiger charge is 2.32. The highest BCUT2D eigenvalue weighted by atomic mass is 32.2. The van der Waals surface area contributed by atoms with Gasteiger partial charge in [0, 0.05) is 6.54 Å². The average Bonchev–Trinajstić information content (AvgIpc) is 2.26. The SMILES string of the molecule is CC(C)(C)CCS(=O)(=O)N1CCOCC1CO. The summed E-state index contributed by atoms with van der Waals surface area (Å²) in [6.45, 7) is 6.91. The summed E-state index contributed by atoms with van der Waals surface area (Å²) in [7, 11) is -3.28. The molecule has 0 amide bonds. The molecule has 0 aromatic carbocycles. The van der Waals surface area contributed by atoms with Crippen LogP contribution in [0.25, 0.3) is 0 Å². The number of hydrogen-bond donors (Lipinski definition) is 1. The van der Waals surface area contributed by atoms with Gasteiger partial charge in [0.05, 0.1) is 31.6 Å². The standard InChI is InChI=1S/C11H23NO4S/c1-11(2,3)4-7-17(14,15)12-5-6-16-9-10(12)8-13/h10,13H,4-9H2,1-3H3. The Morgan fingerprint density at radius 3 is 2.59 bits per heavy atom. The molecule has 1 N–H and O–H groups in total. The predicted octanol–water partition coefficient (Wildman–Crippen LogP) is 0.446. The van der Waals surface area contributed by atoms with Gasteiger partial charge in [0.15, 0.2) is 0 Å². The first-order valence-electron chi connectivity index (χ1n) is 5.94. The molecule has 1 saturated heterocycles. The van der Waals surface area contributed by atoms with Crippen molar-refractivity contribution in [1.82, 2.24) is 4.31 Å². The van der Waals surface area contributed by atoms with Crippen molar-refractivity contribution in [2.75, 3.05) is 32.1 Å². The van der Waals surface area contributed by atoms with Crippen molar-refractivity contribution < 1.29 is 18.3 Å². The van der Waals surface area contributed by atoms with Crippen LogP contribution in [0.2, 0.25) is 0 Å². The lowest BCUT2D eigenvalue weighted by molar-refractivity contribution is 0.0108. The Morgan fingerprint density at radius 2 is 2.06 bits per heavy atom. The maximum Gasteiger partial charge on any atom is 0.214 e. The second kappa shape index (κ2) is 5.65. The maximum atomic E-state index is 12.2. The molecule has 1 rings (SSSR count). The second-order valence-corrected chi connectivity index (χ2v) is 7.69. The second-order valence-electron chi connectivity index (χ2n) is 5.65. The van der Waals surface area contributed by atoms with E-state index in [1.54, 1.807) is 0 Å². The summed E-state index contributed by atoms with van der Waals surface area (Å²) in [6, 6.07) is -0.422. The third kappa shape index (κ3) is 4.54. The fourth-order valence-corrected chi connectivity index (χ4v) is 3.74. The molecule has 0 bridgehead atoms. The third-order valence-electron chi connectivity index (χ3n) is 2.85. The Balaban J connectivity index is 2.68. The molecule has 1 atom stereocenters. The topological polar surface area (TPSA) is 66.8 Å². The summed E-state index contributed by atoms with van der Waals surface area (Å²) < 4.78 is 30.9. The average molecular weight is 265 g/mol. The van der Waals surface area contributed by atoms with E-state index in [9.17, 15) is 8.42 Å². The van der Waals surface area contributed by atoms with Gasteiger partial charge in [-0.2, -0.15) is 4.31 Å². The molecule has 1 aliphatic heterocycles. The van der Waals surface area contributed by atoms with E-state index < -0.39 is 16.1 Å². The van der Waals surface area contributed by atoms with Crippen molar-refractivity contribution in [2.45, 2.75) is 33.2 Å². The molecule has 1 aliphatic rings. The van der Waals surface area contributed by atoms with E-state index in [0.29, 0.717) is 19.6 Å². The molecule has 0 aliphatic carbocycles. The van der Waals surface area contributed by atoms with Gasteiger partial charge in [-0.1, -0.05) is 20.8 Å². The monoisotopic (exact) mass is 265 g/mol. The zero-order valence-corrected chi connectivity index (χ0v) is 11.7. The van der Waals surface area contributed by atoms with Gasteiger partial charge in [-0.05, 0) is 11.8 Å². The van der Waals surface area contributed by atoms with Gasteiger partial charge in [-0.25, -0.2) is 8.42 Å². The maximum absolute atomic E-state index is 12.2. The number of nitrogens with zero attached hydrogens (tertiary/aromatic N) is 1. The molecule has 0 aromatic heterocycles. The first-order valence-corrected chi connectivity index (χ1v) is 7.55. The smallest absolute Gasteiger partial charge is 0.214 e. The number of aliphatic hydroxyl groups excluding tert-OH is 1. The zero-order valence-electron chi connectivity index (χ0n) is 10.8. The Bertz CT molecular complexity index is 334. The minimum absolute atomic E-state index is 0.00588. The minimum Gasteiger partial charge on any atom is -0.395 e. The summed E-state index contributed by atoms with van der Waals surface area (Å²) in [4.78, 5) is 0. The van der Waals surface area contributed by atoms with Crippen molar-refractivity contribution in [2.24, 2.45) is 5.41 Å². The molecule has 6 heteroatoms. The van der Waals surface area contributed by atoms with Crippen molar-refractivity contribution in [3.05, 3.63) is 0 Å². The van der Waals surface area contributed by atoms with Crippen molar-refractivity contribution in [1.29, 1.82) is 0 Å². The van der Waals surface area contributed by atoms with Crippen molar-refractivity contribution in [3.8, 4) is 0 Å². The fraction of sp³-hybridized carbons (Fsp3) is 1.00. The Labute approximate surface area is 104 Å². The van der Waals surface area contributed by atoms with Crippen LogP contribution in [0.4, 0.5) is 0 Å². The molecular weight excluding hydrogens is 242 g/mol. The van der Waals surface area contributed by atoms with Crippen molar-refractivity contribution >= 4 is 10.0 Å². The van der Waals surface area contributed by atoms with Crippen LogP contribution < -0.4 is 0 Å². The lowest BCUT2D eigenvalue weighted by Gasteiger charge is -2.34. The van der Waals surface area contributed by atoms with Gasteiger partial charge in [-0.3, -0.25) is 0 Å². The molecular formula is C11H23NO4S. The predicted molar refractivity (Wildman–Crippen MR) is 66.3 cm³/mol. The molecule has 1 fully saturated rings. The fourth-order valence-electron chi connectivity index (χ4n) is 1.70. The highest BCUT2D eigenvalue weighted by Crippen LogP contribution is 2.22. The molecule has 1 heterocycles. The first-order chi connectivity index (χ1) is 7.76. The first kappa shape index (κ1) is 14.9. The van der Waals surface area contributed by atoms with E-state index in [-0.39, 0.29) is 24.4 Å². The number of hydrogen-bond acceptors (Lipinski definition) is 4. The van der Waals surface area contributed by atoms with Crippen LogP contribution in [0.5, 0.6) is 0 Å². The van der Waals surface area contributed by atoms with E-state index in [4.69, 9.17) is 9.84 Å². The normalized spacial score (nSPS) is 23.9. The Kier molecular flexibility index (Phi) is 4.95. The third-order valence-corrected chi connectivity index (χ3v) is 4.77. The summed E-state index contributed by atoms with van der Waals surface area (Å²) in [5.74, 6) is 0.132. The van der Waals surface area contributed by atoms with Crippen LogP contribution in [-0.4, -0.2) is 56.0 Å². The lowest BCUT2D eigenvalue weighted by atomic mass is 9.94. The lowest BCUT2D eigenvalue weighted by Crippen LogP contribution is -2.51. The number of morpholine rings is 1. The van der Waals surface area contributed by atoms with Gasteiger partial charge in [0.2, 0.25) is 10.0 Å². The Morgan fingerprint density at radius 1 is 1.41 bits per heavy atom. The van der Waals surface area contributed by atoms with Gasteiger partial charge in [0.25, 0.3) is 0 Å². The van der Waals surface area contributed by atoms with Crippen LogP contribution in [0, 0.1) is 5.41 Å². The van der Waals surface area contributed by atoms with Gasteiger partial charge < -0.3 is 9.84 Å². The number of rotatable bonds is 4. The summed E-state index contributed by atoms with van der Waals surface area (Å²) in [6.07, 6.45) is 0.616. The summed E-state index contributed by atoms with van der Waals surface area (Å²) in [5, 5.41) is 9.17. The van der Waals surface area contributed by atoms with E-state index >= 15 is 0 Å². The number of ether oxygens (including phenoxy) is 1. The van der Waals surface area contributed by atoms with E-state index in [1.807, 2.05) is 20.8 Å². The highest BCUT2D eigenvalue weighted by molar-refractivity contribution is 7.89. The Hall–Kier alpha value is -0.170. The van der Waals surface area contributed by atoms with Crippen LogP contribution in [0.1, 0.15) is 27.2 Å². The van der Waals surface area contributed by atoms with Gasteiger partial charge in [-0.15, -0.1) is 0 Å². The summed E-state index contributed by atoms with van der Waals surface area (Å²) >= 11 is 0. The molecule has 1 unspecified atom stereocenters.